The molecule has 136 valence electrons. The minimum atomic E-state index is -4.39. The molecule has 2 rings (SSSR count). The first-order chi connectivity index (χ1) is 11.8. The molecule has 2 aromatic rings. The average Bonchev–Trinajstić information content (AvgIpc) is 2.56. The lowest BCUT2D eigenvalue weighted by molar-refractivity contribution is -0.143. The van der Waals surface area contributed by atoms with Gasteiger partial charge in [0.25, 0.3) is 0 Å². The quantitative estimate of drug-likeness (QED) is 0.787. The number of pyridine rings is 1. The zero-order valence-corrected chi connectivity index (χ0v) is 14.4. The second-order valence-electron chi connectivity index (χ2n) is 5.54. The normalized spacial score (nSPS) is 12.7. The smallest absolute Gasteiger partial charge is 0.354 e. The van der Waals surface area contributed by atoms with Crippen LogP contribution in [0.1, 0.15) is 32.4 Å². The van der Waals surface area contributed by atoms with E-state index in [1.54, 1.807) is 12.1 Å². The van der Waals surface area contributed by atoms with Crippen LogP contribution in [0.25, 0.3) is 11.5 Å². The summed E-state index contributed by atoms with van der Waals surface area (Å²) in [4.78, 5) is 16.8. The van der Waals surface area contributed by atoms with Crippen molar-refractivity contribution >= 4 is 11.9 Å². The van der Waals surface area contributed by atoms with E-state index in [9.17, 15) is 13.2 Å². The van der Waals surface area contributed by atoms with E-state index in [1.807, 2.05) is 19.9 Å². The second kappa shape index (κ2) is 8.09. The molecule has 0 aliphatic heterocycles. The molecule has 0 fully saturated rings. The number of hydrogen-bond acceptors (Lipinski definition) is 6. The molecule has 0 amide bonds. The Kier molecular flexibility index (Phi) is 6.11. The molecule has 1 atom stereocenters. The predicted molar refractivity (Wildman–Crippen MR) is 90.3 cm³/mol. The van der Waals surface area contributed by atoms with E-state index in [0.29, 0.717) is 12.2 Å². The average molecular weight is 354 g/mol. The Morgan fingerprint density at radius 3 is 2.36 bits per heavy atom. The fraction of sp³-hybridized carbons (Fsp3) is 0.500. The van der Waals surface area contributed by atoms with Gasteiger partial charge in [-0.3, -0.25) is 0 Å². The Hall–Kier alpha value is -2.45. The van der Waals surface area contributed by atoms with Crippen LogP contribution >= 0.6 is 0 Å². The third-order valence-corrected chi connectivity index (χ3v) is 3.39. The van der Waals surface area contributed by atoms with E-state index in [1.165, 1.54) is 6.92 Å². The summed E-state index contributed by atoms with van der Waals surface area (Å²) < 4.78 is 39.1. The molecule has 0 bridgehead atoms. The lowest BCUT2D eigenvalue weighted by Crippen LogP contribution is -2.36. The van der Waals surface area contributed by atoms with Gasteiger partial charge in [0.05, 0.1) is 0 Å². The summed E-state index contributed by atoms with van der Waals surface area (Å²) in [5.41, 5.74) is 1.24. The van der Waals surface area contributed by atoms with Crippen molar-refractivity contribution < 1.29 is 13.2 Å². The van der Waals surface area contributed by atoms with Crippen LogP contribution in [-0.2, 0) is 0 Å². The topological polar surface area (TPSA) is 75.6 Å². The molecule has 2 aromatic heterocycles. The third-order valence-electron chi connectivity index (χ3n) is 3.39. The first kappa shape index (κ1) is 18.9. The molecule has 25 heavy (non-hydrogen) atoms. The van der Waals surface area contributed by atoms with Gasteiger partial charge in [0.1, 0.15) is 11.7 Å². The van der Waals surface area contributed by atoms with Gasteiger partial charge in [-0.25, -0.2) is 4.98 Å². The monoisotopic (exact) mass is 354 g/mol. The van der Waals surface area contributed by atoms with Gasteiger partial charge in [0.2, 0.25) is 11.9 Å². The highest BCUT2D eigenvalue weighted by Crippen LogP contribution is 2.25. The molecule has 0 unspecified atom stereocenters. The SMILES string of the molecule is CCCNc1nc(N[C@H](CC)C(F)(F)F)nc(-c2cccc(C)n2)n1. The van der Waals surface area contributed by atoms with Crippen molar-refractivity contribution in [3.63, 3.8) is 0 Å². The fourth-order valence-electron chi connectivity index (χ4n) is 2.11. The molecule has 0 aromatic carbocycles. The molecule has 9 heteroatoms. The Bertz CT molecular complexity index is 705. The van der Waals surface area contributed by atoms with Crippen LogP contribution in [0.2, 0.25) is 0 Å². The Morgan fingerprint density at radius 2 is 1.76 bits per heavy atom. The number of nitrogens with one attached hydrogen (secondary N) is 2. The highest BCUT2D eigenvalue weighted by atomic mass is 19.4. The maximum Gasteiger partial charge on any atom is 0.408 e. The predicted octanol–water partition coefficient (Wildman–Crippen LogP) is 3.82. The molecule has 6 nitrogen and oxygen atoms in total. The minimum absolute atomic E-state index is 0.129. The molecular weight excluding hydrogens is 333 g/mol. The van der Waals surface area contributed by atoms with Gasteiger partial charge < -0.3 is 10.6 Å². The van der Waals surface area contributed by atoms with Gasteiger partial charge in [-0.1, -0.05) is 19.9 Å². The molecule has 0 saturated carbocycles. The van der Waals surface area contributed by atoms with Crippen LogP contribution in [-0.4, -0.2) is 38.7 Å². The molecule has 2 N–H and O–H groups in total. The minimum Gasteiger partial charge on any atom is -0.354 e. The number of rotatable bonds is 7. The van der Waals surface area contributed by atoms with Crippen LogP contribution in [0, 0.1) is 6.92 Å². The molecular formula is C16H21F3N6. The van der Waals surface area contributed by atoms with E-state index in [-0.39, 0.29) is 24.1 Å². The van der Waals surface area contributed by atoms with Gasteiger partial charge in [0, 0.05) is 12.2 Å². The lowest BCUT2D eigenvalue weighted by atomic mass is 10.2. The molecule has 0 saturated heterocycles. The first-order valence-electron chi connectivity index (χ1n) is 8.10. The van der Waals surface area contributed by atoms with Crippen LogP contribution in [0.4, 0.5) is 25.1 Å². The summed E-state index contributed by atoms with van der Waals surface area (Å²) in [6, 6.07) is 3.58. The number of halogens is 3. The van der Waals surface area contributed by atoms with E-state index in [0.717, 1.165) is 12.1 Å². The molecule has 0 aliphatic rings. The lowest BCUT2D eigenvalue weighted by Gasteiger charge is -2.20. The molecule has 2 heterocycles. The Labute approximate surface area is 144 Å². The van der Waals surface area contributed by atoms with Crippen LogP contribution < -0.4 is 10.6 Å². The van der Waals surface area contributed by atoms with E-state index < -0.39 is 12.2 Å². The van der Waals surface area contributed by atoms with Gasteiger partial charge in [0.15, 0.2) is 5.82 Å². The highest BCUT2D eigenvalue weighted by molar-refractivity contribution is 5.54. The van der Waals surface area contributed by atoms with Crippen LogP contribution in [0.3, 0.4) is 0 Å². The molecule has 0 spiro atoms. The number of aromatic nitrogens is 4. The van der Waals surface area contributed by atoms with Crippen LogP contribution in [0.15, 0.2) is 18.2 Å². The maximum absolute atomic E-state index is 13.0. The summed E-state index contributed by atoms with van der Waals surface area (Å²) in [5.74, 6) is 0.308. The van der Waals surface area contributed by atoms with Crippen LogP contribution in [0.5, 0.6) is 0 Å². The van der Waals surface area contributed by atoms with Gasteiger partial charge in [-0.2, -0.15) is 28.1 Å². The zero-order valence-electron chi connectivity index (χ0n) is 14.4. The van der Waals surface area contributed by atoms with Crippen molar-refractivity contribution in [3.8, 4) is 11.5 Å². The van der Waals surface area contributed by atoms with Gasteiger partial charge in [-0.15, -0.1) is 0 Å². The van der Waals surface area contributed by atoms with Crippen molar-refractivity contribution in [1.29, 1.82) is 0 Å². The highest BCUT2D eigenvalue weighted by Gasteiger charge is 2.38. The summed E-state index contributed by atoms with van der Waals surface area (Å²) in [7, 11) is 0. The first-order valence-corrected chi connectivity index (χ1v) is 8.10. The third kappa shape index (κ3) is 5.27. The Morgan fingerprint density at radius 1 is 1.04 bits per heavy atom. The summed E-state index contributed by atoms with van der Waals surface area (Å²) in [6.07, 6.45) is -3.70. The number of hydrogen-bond donors (Lipinski definition) is 2. The summed E-state index contributed by atoms with van der Waals surface area (Å²) >= 11 is 0. The number of aryl methyl sites for hydroxylation is 1. The summed E-state index contributed by atoms with van der Waals surface area (Å²) in [6.45, 7) is 5.83. The molecule has 0 radical (unpaired) electrons. The largest absolute Gasteiger partial charge is 0.408 e. The Balaban J connectivity index is 2.39. The van der Waals surface area contributed by atoms with E-state index in [4.69, 9.17) is 0 Å². The van der Waals surface area contributed by atoms with E-state index >= 15 is 0 Å². The second-order valence-corrected chi connectivity index (χ2v) is 5.54. The number of anilines is 2. The van der Waals surface area contributed by atoms with Crippen molar-refractivity contribution in [2.24, 2.45) is 0 Å². The maximum atomic E-state index is 13.0. The van der Waals surface area contributed by atoms with E-state index in [2.05, 4.69) is 30.6 Å². The fourth-order valence-corrected chi connectivity index (χ4v) is 2.11. The van der Waals surface area contributed by atoms with Gasteiger partial charge >= 0.3 is 6.18 Å². The van der Waals surface area contributed by atoms with Gasteiger partial charge in [-0.05, 0) is 31.9 Å². The van der Waals surface area contributed by atoms with Crippen molar-refractivity contribution in [3.05, 3.63) is 23.9 Å². The number of alkyl halides is 3. The van der Waals surface area contributed by atoms with Crippen molar-refractivity contribution in [1.82, 2.24) is 19.9 Å². The molecule has 0 aliphatic carbocycles. The van der Waals surface area contributed by atoms with Crippen molar-refractivity contribution in [2.45, 2.75) is 45.8 Å². The zero-order chi connectivity index (χ0) is 18.4. The van der Waals surface area contributed by atoms with Crippen molar-refractivity contribution in [2.75, 3.05) is 17.2 Å². The summed E-state index contributed by atoms with van der Waals surface area (Å²) in [5, 5.41) is 5.33. The standard InChI is InChI=1S/C16H21F3N6/c1-4-9-20-14-23-13(11-8-6-7-10(3)21-11)24-15(25-14)22-12(5-2)16(17,18)19/h6-8,12H,4-5,9H2,1-3H3,(H2,20,22,23,24,25)/t12-/m1/s1. The number of nitrogens with zero attached hydrogens (tertiary/aromatic N) is 4.